The molecule has 0 saturated carbocycles. The predicted octanol–water partition coefficient (Wildman–Crippen LogP) is 5.29. The normalized spacial score (nSPS) is 11.1. The fraction of sp³-hybridized carbons (Fsp3) is 0.176. The van der Waals surface area contributed by atoms with Crippen molar-refractivity contribution in [3.05, 3.63) is 56.4 Å². The lowest BCUT2D eigenvalue weighted by molar-refractivity contribution is -0.137. The van der Waals surface area contributed by atoms with Crippen LogP contribution in [-0.4, -0.2) is 12.6 Å². The van der Waals surface area contributed by atoms with E-state index in [0.717, 1.165) is 0 Å². The Labute approximate surface area is 159 Å². The third-order valence-electron chi connectivity index (χ3n) is 2.91. The summed E-state index contributed by atoms with van der Waals surface area (Å²) in [5.74, 6) is 0.343. The molecule has 1 heterocycles. The Morgan fingerprint density at radius 2 is 1.96 bits per heavy atom. The SMILES string of the molecule is CCOC(=O)C(C#N)=Cc1ccc(COc2c(Cl)cc(Cl)cc2Cl)o1. The minimum atomic E-state index is -0.709. The zero-order valence-corrected chi connectivity index (χ0v) is 15.3. The number of carbonyl (C=O) groups excluding carboxylic acids is 1. The highest BCUT2D eigenvalue weighted by Crippen LogP contribution is 2.36. The largest absolute Gasteiger partial charge is 0.483 e. The van der Waals surface area contributed by atoms with Crippen LogP contribution in [0.5, 0.6) is 5.75 Å². The fourth-order valence-electron chi connectivity index (χ4n) is 1.85. The maximum absolute atomic E-state index is 11.6. The summed E-state index contributed by atoms with van der Waals surface area (Å²) < 4.78 is 15.8. The summed E-state index contributed by atoms with van der Waals surface area (Å²) in [4.78, 5) is 11.6. The molecular formula is C17H12Cl3NO4. The number of rotatable bonds is 6. The van der Waals surface area contributed by atoms with Crippen molar-refractivity contribution in [2.24, 2.45) is 0 Å². The highest BCUT2D eigenvalue weighted by atomic mass is 35.5. The van der Waals surface area contributed by atoms with Crippen molar-refractivity contribution in [3.63, 3.8) is 0 Å². The standard InChI is InChI=1S/C17H12Cl3NO4/c1-2-23-17(22)10(8-21)5-12-3-4-13(25-12)9-24-16-14(19)6-11(18)7-15(16)20/h3-7H,2,9H2,1H3. The molecule has 0 aliphatic rings. The van der Waals surface area contributed by atoms with Crippen LogP contribution < -0.4 is 4.74 Å². The van der Waals surface area contributed by atoms with Crippen molar-refractivity contribution in [2.75, 3.05) is 6.61 Å². The van der Waals surface area contributed by atoms with Crippen LogP contribution in [0.3, 0.4) is 0 Å². The van der Waals surface area contributed by atoms with Crippen LogP contribution >= 0.6 is 34.8 Å². The minimum absolute atomic E-state index is 0.0518. The third kappa shape index (κ3) is 5.17. The Morgan fingerprint density at radius 1 is 1.28 bits per heavy atom. The maximum Gasteiger partial charge on any atom is 0.349 e. The highest BCUT2D eigenvalue weighted by molar-refractivity contribution is 6.40. The van der Waals surface area contributed by atoms with Gasteiger partial charge in [0.1, 0.15) is 29.8 Å². The van der Waals surface area contributed by atoms with Gasteiger partial charge in [0.25, 0.3) is 0 Å². The molecule has 2 aromatic rings. The van der Waals surface area contributed by atoms with Crippen LogP contribution in [0.25, 0.3) is 6.08 Å². The van der Waals surface area contributed by atoms with Crippen LogP contribution in [0.4, 0.5) is 0 Å². The number of hydrogen-bond donors (Lipinski definition) is 0. The van der Waals surface area contributed by atoms with E-state index in [2.05, 4.69) is 0 Å². The van der Waals surface area contributed by atoms with Gasteiger partial charge in [0, 0.05) is 11.1 Å². The first-order valence-electron chi connectivity index (χ1n) is 7.09. The Bertz CT molecular complexity index is 829. The first-order chi connectivity index (χ1) is 11.9. The summed E-state index contributed by atoms with van der Waals surface area (Å²) in [5.41, 5.74) is -0.160. The second-order valence-corrected chi connectivity index (χ2v) is 5.93. The monoisotopic (exact) mass is 399 g/mol. The molecule has 1 aromatic carbocycles. The van der Waals surface area contributed by atoms with Crippen LogP contribution in [0.15, 0.2) is 34.3 Å². The van der Waals surface area contributed by atoms with Crippen LogP contribution in [0.2, 0.25) is 15.1 Å². The first-order valence-corrected chi connectivity index (χ1v) is 8.23. The van der Waals surface area contributed by atoms with Crippen molar-refractivity contribution < 1.29 is 18.7 Å². The molecule has 0 bridgehead atoms. The molecular weight excluding hydrogens is 389 g/mol. The van der Waals surface area contributed by atoms with E-state index in [1.165, 1.54) is 18.2 Å². The Hall–Kier alpha value is -2.13. The third-order valence-corrected chi connectivity index (χ3v) is 3.69. The second kappa shape index (κ2) is 8.82. The lowest BCUT2D eigenvalue weighted by Crippen LogP contribution is -2.05. The number of furan rings is 1. The first kappa shape index (κ1) is 19.2. The molecule has 0 N–H and O–H groups in total. The molecule has 0 aliphatic heterocycles. The molecule has 5 nitrogen and oxygen atoms in total. The number of benzene rings is 1. The average molecular weight is 401 g/mol. The molecule has 0 amide bonds. The number of ether oxygens (including phenoxy) is 2. The number of halogens is 3. The van der Waals surface area contributed by atoms with Gasteiger partial charge in [-0.2, -0.15) is 5.26 Å². The van der Waals surface area contributed by atoms with E-state index in [0.29, 0.717) is 16.5 Å². The van der Waals surface area contributed by atoms with E-state index in [9.17, 15) is 4.79 Å². The molecule has 1 aromatic heterocycles. The van der Waals surface area contributed by atoms with Gasteiger partial charge in [0.05, 0.1) is 16.7 Å². The smallest absolute Gasteiger partial charge is 0.349 e. The van der Waals surface area contributed by atoms with E-state index in [4.69, 9.17) is 54.0 Å². The summed E-state index contributed by atoms with van der Waals surface area (Å²) in [7, 11) is 0. The van der Waals surface area contributed by atoms with E-state index in [-0.39, 0.29) is 34.6 Å². The van der Waals surface area contributed by atoms with Gasteiger partial charge < -0.3 is 13.9 Å². The zero-order chi connectivity index (χ0) is 18.4. The number of hydrogen-bond acceptors (Lipinski definition) is 5. The van der Waals surface area contributed by atoms with Crippen molar-refractivity contribution in [1.82, 2.24) is 0 Å². The zero-order valence-electron chi connectivity index (χ0n) is 13.0. The number of nitriles is 1. The van der Waals surface area contributed by atoms with Crippen molar-refractivity contribution in [1.29, 1.82) is 5.26 Å². The van der Waals surface area contributed by atoms with Crippen LogP contribution in [0.1, 0.15) is 18.4 Å². The molecule has 0 fully saturated rings. The molecule has 25 heavy (non-hydrogen) atoms. The van der Waals surface area contributed by atoms with Gasteiger partial charge in [0.2, 0.25) is 0 Å². The lowest BCUT2D eigenvalue weighted by Gasteiger charge is -2.08. The predicted molar refractivity (Wildman–Crippen MR) is 94.7 cm³/mol. The van der Waals surface area contributed by atoms with Gasteiger partial charge in [0.15, 0.2) is 5.75 Å². The van der Waals surface area contributed by atoms with Gasteiger partial charge in [-0.1, -0.05) is 34.8 Å². The second-order valence-electron chi connectivity index (χ2n) is 4.68. The van der Waals surface area contributed by atoms with Gasteiger partial charge in [-0.25, -0.2) is 4.79 Å². The maximum atomic E-state index is 11.6. The number of esters is 1. The van der Waals surface area contributed by atoms with Gasteiger partial charge in [-0.3, -0.25) is 0 Å². The van der Waals surface area contributed by atoms with E-state index >= 15 is 0 Å². The lowest BCUT2D eigenvalue weighted by atomic mass is 10.2. The summed E-state index contributed by atoms with van der Waals surface area (Å²) in [6.07, 6.45) is 1.30. The minimum Gasteiger partial charge on any atom is -0.483 e. The van der Waals surface area contributed by atoms with Crippen molar-refractivity contribution in [3.8, 4) is 11.8 Å². The van der Waals surface area contributed by atoms with Crippen LogP contribution in [0, 0.1) is 11.3 Å². The molecule has 0 saturated heterocycles. The summed E-state index contributed by atoms with van der Waals surface area (Å²) >= 11 is 17.9. The van der Waals surface area contributed by atoms with Gasteiger partial charge in [-0.15, -0.1) is 0 Å². The Kier molecular flexibility index (Phi) is 6.77. The topological polar surface area (TPSA) is 72.5 Å². The van der Waals surface area contributed by atoms with Crippen molar-refractivity contribution in [2.45, 2.75) is 13.5 Å². The van der Waals surface area contributed by atoms with Gasteiger partial charge >= 0.3 is 5.97 Å². The Morgan fingerprint density at radius 3 is 2.56 bits per heavy atom. The molecule has 8 heteroatoms. The highest BCUT2D eigenvalue weighted by Gasteiger charge is 2.13. The summed E-state index contributed by atoms with van der Waals surface area (Å²) in [6.45, 7) is 1.89. The van der Waals surface area contributed by atoms with Crippen molar-refractivity contribution >= 4 is 46.8 Å². The molecule has 0 unspecified atom stereocenters. The molecule has 0 aliphatic carbocycles. The summed E-state index contributed by atoms with van der Waals surface area (Å²) in [6, 6.07) is 8.04. The fourth-order valence-corrected chi connectivity index (χ4v) is 2.77. The quantitative estimate of drug-likeness (QED) is 0.374. The van der Waals surface area contributed by atoms with E-state index in [1.807, 2.05) is 0 Å². The molecule has 0 spiro atoms. The molecule has 0 atom stereocenters. The molecule has 0 radical (unpaired) electrons. The van der Waals surface area contributed by atoms with Gasteiger partial charge in [-0.05, 0) is 31.2 Å². The average Bonchev–Trinajstić information content (AvgIpc) is 2.99. The molecule has 2 rings (SSSR count). The van der Waals surface area contributed by atoms with E-state index < -0.39 is 5.97 Å². The molecule has 130 valence electrons. The van der Waals surface area contributed by atoms with E-state index in [1.54, 1.807) is 25.1 Å². The van der Waals surface area contributed by atoms with Crippen LogP contribution in [-0.2, 0) is 16.1 Å². The number of carbonyl (C=O) groups is 1. The number of nitrogens with zero attached hydrogens (tertiary/aromatic N) is 1. The summed E-state index contributed by atoms with van der Waals surface area (Å²) in [5, 5.41) is 9.95. The Balaban J connectivity index is 2.10.